The Balaban J connectivity index is 1.45. The van der Waals surface area contributed by atoms with E-state index in [4.69, 9.17) is 4.42 Å². The van der Waals surface area contributed by atoms with Crippen molar-refractivity contribution in [3.05, 3.63) is 47.1 Å². The van der Waals surface area contributed by atoms with Gasteiger partial charge in [-0.2, -0.15) is 0 Å². The van der Waals surface area contributed by atoms with Crippen LogP contribution in [-0.2, 0) is 6.54 Å². The van der Waals surface area contributed by atoms with Gasteiger partial charge in [-0.05, 0) is 44.3 Å². The molecule has 3 aromatic heterocycles. The molecule has 0 bridgehead atoms. The number of nitrogens with zero attached hydrogens (tertiary/aromatic N) is 3. The summed E-state index contributed by atoms with van der Waals surface area (Å²) in [6, 6.07) is 6.08. The number of aryl methyl sites for hydroxylation is 1. The predicted molar refractivity (Wildman–Crippen MR) is 98.8 cm³/mol. The Morgan fingerprint density at radius 1 is 1.32 bits per heavy atom. The minimum Gasteiger partial charge on any atom is -0.440 e. The summed E-state index contributed by atoms with van der Waals surface area (Å²) in [6.45, 7) is 4.65. The fraction of sp³-hybridized carbons (Fsp3) is 0.389. The van der Waals surface area contributed by atoms with E-state index in [0.29, 0.717) is 18.4 Å². The van der Waals surface area contributed by atoms with Crippen LogP contribution in [0.25, 0.3) is 10.8 Å². The quantitative estimate of drug-likeness (QED) is 0.728. The molecule has 0 aromatic carbocycles. The van der Waals surface area contributed by atoms with Gasteiger partial charge in [-0.3, -0.25) is 0 Å². The zero-order valence-corrected chi connectivity index (χ0v) is 15.0. The largest absolute Gasteiger partial charge is 0.440 e. The summed E-state index contributed by atoms with van der Waals surface area (Å²) in [4.78, 5) is 14.5. The van der Waals surface area contributed by atoms with Crippen molar-refractivity contribution in [3.63, 3.8) is 0 Å². The van der Waals surface area contributed by atoms with Gasteiger partial charge in [0.15, 0.2) is 0 Å². The van der Waals surface area contributed by atoms with Crippen molar-refractivity contribution >= 4 is 17.2 Å². The van der Waals surface area contributed by atoms with Crippen LogP contribution in [0.3, 0.4) is 0 Å². The normalized spacial score (nSPS) is 15.4. The molecule has 25 heavy (non-hydrogen) atoms. The van der Waals surface area contributed by atoms with E-state index in [2.05, 4.69) is 31.7 Å². The second kappa shape index (κ2) is 7.33. The average Bonchev–Trinajstić information content (AvgIpc) is 3.31. The van der Waals surface area contributed by atoms with E-state index >= 15 is 0 Å². The molecule has 0 aliphatic carbocycles. The number of thiophene rings is 1. The van der Waals surface area contributed by atoms with E-state index in [1.54, 1.807) is 17.7 Å². The van der Waals surface area contributed by atoms with Gasteiger partial charge < -0.3 is 15.1 Å². The molecular formula is C18H21N5OS. The summed E-state index contributed by atoms with van der Waals surface area (Å²) in [5.41, 5.74) is 2.03. The molecule has 0 amide bonds. The van der Waals surface area contributed by atoms with Crippen LogP contribution in [0.15, 0.2) is 34.3 Å². The molecule has 1 fully saturated rings. The standard InChI is InChI=1S/C18H21N5OS/c1-12-15(23-18(24-12)16-3-2-8-25-16)10-20-17-9-14(21-11-22-17)13-4-6-19-7-5-13/h2-3,8-9,11,13,19H,4-7,10H2,1H3,(H,20,21,22). The lowest BCUT2D eigenvalue weighted by molar-refractivity contribution is 0.453. The molecule has 4 heterocycles. The first-order valence-electron chi connectivity index (χ1n) is 8.56. The topological polar surface area (TPSA) is 75.9 Å². The van der Waals surface area contributed by atoms with Crippen molar-refractivity contribution in [1.82, 2.24) is 20.3 Å². The Morgan fingerprint density at radius 2 is 2.20 bits per heavy atom. The van der Waals surface area contributed by atoms with Gasteiger partial charge in [-0.25, -0.2) is 15.0 Å². The SMILES string of the molecule is Cc1oc(-c2cccs2)nc1CNc1cc(C2CCNCC2)ncn1. The molecule has 0 spiro atoms. The number of hydrogen-bond acceptors (Lipinski definition) is 7. The van der Waals surface area contributed by atoms with Crippen molar-refractivity contribution in [2.75, 3.05) is 18.4 Å². The van der Waals surface area contributed by atoms with Gasteiger partial charge >= 0.3 is 0 Å². The van der Waals surface area contributed by atoms with E-state index < -0.39 is 0 Å². The molecule has 0 unspecified atom stereocenters. The molecule has 1 saturated heterocycles. The van der Waals surface area contributed by atoms with Crippen molar-refractivity contribution in [2.45, 2.75) is 32.2 Å². The lowest BCUT2D eigenvalue weighted by Crippen LogP contribution is -2.27. The van der Waals surface area contributed by atoms with E-state index in [1.807, 2.05) is 24.4 Å². The molecule has 1 aliphatic rings. The summed E-state index contributed by atoms with van der Waals surface area (Å²) in [6.07, 6.45) is 3.90. The van der Waals surface area contributed by atoms with Gasteiger partial charge in [0, 0.05) is 17.7 Å². The van der Waals surface area contributed by atoms with Crippen molar-refractivity contribution < 1.29 is 4.42 Å². The Bertz CT molecular complexity index is 824. The monoisotopic (exact) mass is 355 g/mol. The zero-order valence-electron chi connectivity index (χ0n) is 14.2. The first-order valence-corrected chi connectivity index (χ1v) is 9.44. The van der Waals surface area contributed by atoms with Crippen LogP contribution in [0.2, 0.25) is 0 Å². The van der Waals surface area contributed by atoms with Crippen LogP contribution in [0, 0.1) is 6.92 Å². The fourth-order valence-electron chi connectivity index (χ4n) is 3.08. The number of oxazole rings is 1. The number of anilines is 1. The zero-order chi connectivity index (χ0) is 17.1. The molecule has 130 valence electrons. The summed E-state index contributed by atoms with van der Waals surface area (Å²) in [5, 5.41) is 8.77. The molecule has 0 saturated carbocycles. The summed E-state index contributed by atoms with van der Waals surface area (Å²) in [5.74, 6) is 2.87. The molecule has 4 rings (SSSR count). The Kier molecular flexibility index (Phi) is 4.76. The van der Waals surface area contributed by atoms with E-state index in [-0.39, 0.29) is 0 Å². The molecule has 3 aromatic rings. The van der Waals surface area contributed by atoms with Crippen LogP contribution in [0.1, 0.15) is 35.9 Å². The van der Waals surface area contributed by atoms with Crippen molar-refractivity contribution in [1.29, 1.82) is 0 Å². The summed E-state index contributed by atoms with van der Waals surface area (Å²) in [7, 11) is 0. The third kappa shape index (κ3) is 3.72. The van der Waals surface area contributed by atoms with Gasteiger partial charge in [0.1, 0.15) is 23.6 Å². The lowest BCUT2D eigenvalue weighted by atomic mass is 9.94. The van der Waals surface area contributed by atoms with E-state index in [9.17, 15) is 0 Å². The van der Waals surface area contributed by atoms with Gasteiger partial charge in [-0.1, -0.05) is 6.07 Å². The van der Waals surface area contributed by atoms with Crippen molar-refractivity contribution in [3.8, 4) is 10.8 Å². The van der Waals surface area contributed by atoms with Gasteiger partial charge in [-0.15, -0.1) is 11.3 Å². The van der Waals surface area contributed by atoms with Crippen LogP contribution < -0.4 is 10.6 Å². The number of rotatable bonds is 5. The van der Waals surface area contributed by atoms with Crippen LogP contribution in [-0.4, -0.2) is 28.0 Å². The number of nitrogens with one attached hydrogen (secondary N) is 2. The second-order valence-electron chi connectivity index (χ2n) is 6.21. The summed E-state index contributed by atoms with van der Waals surface area (Å²) >= 11 is 1.63. The highest BCUT2D eigenvalue weighted by molar-refractivity contribution is 7.13. The number of piperidine rings is 1. The molecule has 7 heteroatoms. The predicted octanol–water partition coefficient (Wildman–Crippen LogP) is 3.58. The maximum Gasteiger partial charge on any atom is 0.236 e. The molecular weight excluding hydrogens is 334 g/mol. The highest BCUT2D eigenvalue weighted by atomic mass is 32.1. The number of hydrogen-bond donors (Lipinski definition) is 2. The molecule has 2 N–H and O–H groups in total. The third-order valence-electron chi connectivity index (χ3n) is 4.51. The highest BCUT2D eigenvalue weighted by Crippen LogP contribution is 2.27. The maximum atomic E-state index is 5.79. The first kappa shape index (κ1) is 16.2. The Morgan fingerprint density at radius 3 is 3.00 bits per heavy atom. The minimum atomic E-state index is 0.518. The van der Waals surface area contributed by atoms with Crippen LogP contribution >= 0.6 is 11.3 Å². The van der Waals surface area contributed by atoms with Gasteiger partial charge in [0.05, 0.1) is 11.4 Å². The third-order valence-corrected chi connectivity index (χ3v) is 5.37. The average molecular weight is 355 g/mol. The first-order chi connectivity index (χ1) is 12.3. The van der Waals surface area contributed by atoms with E-state index in [1.165, 1.54) is 0 Å². The van der Waals surface area contributed by atoms with Crippen molar-refractivity contribution in [2.24, 2.45) is 0 Å². The second-order valence-corrected chi connectivity index (χ2v) is 7.15. The smallest absolute Gasteiger partial charge is 0.236 e. The molecule has 0 atom stereocenters. The fourth-order valence-corrected chi connectivity index (χ4v) is 3.73. The molecule has 1 aliphatic heterocycles. The molecule has 6 nitrogen and oxygen atoms in total. The maximum absolute atomic E-state index is 5.79. The van der Waals surface area contributed by atoms with Gasteiger partial charge in [0.2, 0.25) is 5.89 Å². The number of aromatic nitrogens is 3. The minimum absolute atomic E-state index is 0.518. The summed E-state index contributed by atoms with van der Waals surface area (Å²) < 4.78 is 5.79. The Hall–Kier alpha value is -2.25. The van der Waals surface area contributed by atoms with Crippen LogP contribution in [0.4, 0.5) is 5.82 Å². The van der Waals surface area contributed by atoms with Crippen LogP contribution in [0.5, 0.6) is 0 Å². The van der Waals surface area contributed by atoms with E-state index in [0.717, 1.165) is 53.8 Å². The lowest BCUT2D eigenvalue weighted by Gasteiger charge is -2.22. The Labute approximate surface area is 150 Å². The highest BCUT2D eigenvalue weighted by Gasteiger charge is 2.17. The molecule has 0 radical (unpaired) electrons. The van der Waals surface area contributed by atoms with Gasteiger partial charge in [0.25, 0.3) is 0 Å².